The molecule has 0 atom stereocenters. The molecule has 16 heavy (non-hydrogen) atoms. The molecule has 3 rings (SSSR count). The summed E-state index contributed by atoms with van der Waals surface area (Å²) in [6.45, 7) is 5.83. The summed E-state index contributed by atoms with van der Waals surface area (Å²) in [6, 6.07) is 0. The molecule has 1 aliphatic heterocycles. The number of fused-ring (bicyclic) bond motifs is 1. The molecule has 3 heterocycles. The van der Waals surface area contributed by atoms with E-state index in [1.54, 1.807) is 11.3 Å². The van der Waals surface area contributed by atoms with E-state index in [1.165, 1.54) is 0 Å². The summed E-state index contributed by atoms with van der Waals surface area (Å²) in [5.41, 5.74) is 1.44. The molecule has 0 bridgehead atoms. The van der Waals surface area contributed by atoms with Crippen molar-refractivity contribution in [2.24, 2.45) is 5.41 Å². The highest BCUT2D eigenvalue weighted by Crippen LogP contribution is 2.25. The normalized spacial score (nSPS) is 18.8. The minimum atomic E-state index is 0.330. The summed E-state index contributed by atoms with van der Waals surface area (Å²) >= 11 is 1.67. The van der Waals surface area contributed by atoms with Gasteiger partial charge in [0.1, 0.15) is 0 Å². The molecule has 5 heteroatoms. The third kappa shape index (κ3) is 1.86. The lowest BCUT2D eigenvalue weighted by molar-refractivity contribution is -0.0991. The van der Waals surface area contributed by atoms with Crippen LogP contribution in [0.5, 0.6) is 0 Å². The Morgan fingerprint density at radius 2 is 2.50 bits per heavy atom. The summed E-state index contributed by atoms with van der Waals surface area (Å²) in [5, 5.41) is 5.49. The van der Waals surface area contributed by atoms with Crippen LogP contribution in [0.15, 0.2) is 17.8 Å². The number of aromatic nitrogens is 2. The summed E-state index contributed by atoms with van der Waals surface area (Å²) in [5.74, 6) is 0. The van der Waals surface area contributed by atoms with E-state index in [0.29, 0.717) is 5.41 Å². The molecule has 4 nitrogen and oxygen atoms in total. The average Bonchev–Trinajstić information content (AvgIpc) is 2.75. The number of thiazole rings is 1. The van der Waals surface area contributed by atoms with Gasteiger partial charge in [0.25, 0.3) is 0 Å². The molecule has 1 N–H and O–H groups in total. The van der Waals surface area contributed by atoms with Gasteiger partial charge in [-0.2, -0.15) is 0 Å². The smallest absolute Gasteiger partial charge is 0.193 e. The van der Waals surface area contributed by atoms with Gasteiger partial charge < -0.3 is 10.1 Å². The summed E-state index contributed by atoms with van der Waals surface area (Å²) in [4.78, 5) is 5.59. The molecule has 1 saturated heterocycles. The van der Waals surface area contributed by atoms with Crippen LogP contribution in [-0.2, 0) is 11.3 Å². The Hall–Kier alpha value is -0.910. The van der Waals surface area contributed by atoms with Gasteiger partial charge in [-0.25, -0.2) is 4.98 Å². The van der Waals surface area contributed by atoms with E-state index < -0.39 is 0 Å². The van der Waals surface area contributed by atoms with Gasteiger partial charge in [-0.3, -0.25) is 4.40 Å². The van der Waals surface area contributed by atoms with Crippen LogP contribution in [0, 0.1) is 5.41 Å². The molecule has 1 fully saturated rings. The maximum absolute atomic E-state index is 5.22. The minimum absolute atomic E-state index is 0.330. The van der Waals surface area contributed by atoms with Crippen LogP contribution in [0.4, 0.5) is 0 Å². The first-order chi connectivity index (χ1) is 7.75. The SMILES string of the molecule is CC1(CNCc2cn3ccsc3n2)COC1. The number of nitrogens with one attached hydrogen (secondary N) is 1. The Kier molecular flexibility index (Phi) is 2.46. The van der Waals surface area contributed by atoms with E-state index >= 15 is 0 Å². The summed E-state index contributed by atoms with van der Waals surface area (Å²) in [6.07, 6.45) is 4.12. The third-order valence-electron chi connectivity index (χ3n) is 2.90. The first-order valence-electron chi connectivity index (χ1n) is 5.45. The molecule has 0 radical (unpaired) electrons. The van der Waals surface area contributed by atoms with Crippen molar-refractivity contribution in [2.75, 3.05) is 19.8 Å². The van der Waals surface area contributed by atoms with Gasteiger partial charge in [0.05, 0.1) is 18.9 Å². The molecule has 0 unspecified atom stereocenters. The minimum Gasteiger partial charge on any atom is -0.380 e. The summed E-state index contributed by atoms with van der Waals surface area (Å²) < 4.78 is 7.28. The molecule has 0 saturated carbocycles. The number of hydrogen-bond donors (Lipinski definition) is 1. The molecular formula is C11H15N3OS. The van der Waals surface area contributed by atoms with Gasteiger partial charge in [0.15, 0.2) is 4.96 Å². The van der Waals surface area contributed by atoms with E-state index in [0.717, 1.165) is 37.0 Å². The van der Waals surface area contributed by atoms with E-state index in [2.05, 4.69) is 27.8 Å². The van der Waals surface area contributed by atoms with E-state index in [9.17, 15) is 0 Å². The predicted molar refractivity (Wildman–Crippen MR) is 63.7 cm³/mol. The zero-order valence-corrected chi connectivity index (χ0v) is 10.1. The first kappa shape index (κ1) is 10.3. The molecule has 0 aromatic carbocycles. The fraction of sp³-hybridized carbons (Fsp3) is 0.545. The quantitative estimate of drug-likeness (QED) is 0.876. The lowest BCUT2D eigenvalue weighted by Gasteiger charge is -2.38. The fourth-order valence-corrected chi connectivity index (χ4v) is 2.63. The second-order valence-corrected chi connectivity index (χ2v) is 5.61. The average molecular weight is 237 g/mol. The van der Waals surface area contributed by atoms with Crippen molar-refractivity contribution in [3.8, 4) is 0 Å². The number of hydrogen-bond acceptors (Lipinski definition) is 4. The van der Waals surface area contributed by atoms with Crippen molar-refractivity contribution in [1.82, 2.24) is 14.7 Å². The Bertz CT molecular complexity index is 458. The zero-order valence-electron chi connectivity index (χ0n) is 9.27. The van der Waals surface area contributed by atoms with Crippen LogP contribution in [0.1, 0.15) is 12.6 Å². The van der Waals surface area contributed by atoms with Crippen molar-refractivity contribution in [1.29, 1.82) is 0 Å². The Labute approximate surface area is 98.3 Å². The monoisotopic (exact) mass is 237 g/mol. The highest BCUT2D eigenvalue weighted by atomic mass is 32.1. The summed E-state index contributed by atoms with van der Waals surface area (Å²) in [7, 11) is 0. The van der Waals surface area contributed by atoms with Crippen LogP contribution >= 0.6 is 11.3 Å². The molecule has 0 amide bonds. The van der Waals surface area contributed by atoms with Crippen LogP contribution in [-0.4, -0.2) is 29.1 Å². The van der Waals surface area contributed by atoms with E-state index in [-0.39, 0.29) is 0 Å². The molecule has 0 spiro atoms. The molecule has 1 aliphatic rings. The van der Waals surface area contributed by atoms with Gasteiger partial charge in [-0.05, 0) is 0 Å². The van der Waals surface area contributed by atoms with Crippen LogP contribution < -0.4 is 5.32 Å². The Morgan fingerprint density at radius 1 is 1.62 bits per heavy atom. The van der Waals surface area contributed by atoms with Crippen molar-refractivity contribution in [2.45, 2.75) is 13.5 Å². The lowest BCUT2D eigenvalue weighted by Crippen LogP contribution is -2.47. The highest BCUT2D eigenvalue weighted by Gasteiger charge is 2.32. The third-order valence-corrected chi connectivity index (χ3v) is 3.67. The first-order valence-corrected chi connectivity index (χ1v) is 6.33. The lowest BCUT2D eigenvalue weighted by atomic mass is 9.89. The van der Waals surface area contributed by atoms with E-state index in [1.807, 2.05) is 11.6 Å². The Balaban J connectivity index is 1.56. The molecule has 2 aromatic heterocycles. The van der Waals surface area contributed by atoms with Crippen molar-refractivity contribution in [3.05, 3.63) is 23.5 Å². The van der Waals surface area contributed by atoms with Gasteiger partial charge in [-0.1, -0.05) is 6.92 Å². The van der Waals surface area contributed by atoms with Crippen LogP contribution in [0.2, 0.25) is 0 Å². The van der Waals surface area contributed by atoms with Crippen LogP contribution in [0.25, 0.3) is 4.96 Å². The van der Waals surface area contributed by atoms with E-state index in [4.69, 9.17) is 4.74 Å². The number of nitrogens with zero attached hydrogens (tertiary/aromatic N) is 2. The molecule has 86 valence electrons. The van der Waals surface area contributed by atoms with Crippen molar-refractivity contribution < 1.29 is 4.74 Å². The maximum atomic E-state index is 5.22. The number of ether oxygens (including phenoxy) is 1. The topological polar surface area (TPSA) is 38.6 Å². The second kappa shape index (κ2) is 3.84. The zero-order chi connectivity index (χ0) is 11.0. The fourth-order valence-electron chi connectivity index (χ4n) is 1.91. The maximum Gasteiger partial charge on any atom is 0.193 e. The van der Waals surface area contributed by atoms with Gasteiger partial charge in [0, 0.05) is 36.3 Å². The standard InChI is InChI=1S/C11H15N3OS/c1-11(7-15-8-11)6-12-4-9-5-14-2-3-16-10(14)13-9/h2-3,5,12H,4,6-8H2,1H3. The van der Waals surface area contributed by atoms with Gasteiger partial charge >= 0.3 is 0 Å². The molecule has 0 aliphatic carbocycles. The predicted octanol–water partition coefficient (Wildman–Crippen LogP) is 1.52. The van der Waals surface area contributed by atoms with Crippen LogP contribution in [0.3, 0.4) is 0 Å². The molecular weight excluding hydrogens is 222 g/mol. The molecule has 2 aromatic rings. The van der Waals surface area contributed by atoms with Crippen molar-refractivity contribution >= 4 is 16.3 Å². The highest BCUT2D eigenvalue weighted by molar-refractivity contribution is 7.15. The second-order valence-electron chi connectivity index (χ2n) is 4.73. The van der Waals surface area contributed by atoms with Crippen molar-refractivity contribution in [3.63, 3.8) is 0 Å². The Morgan fingerprint density at radius 3 is 3.19 bits per heavy atom. The number of rotatable bonds is 4. The largest absolute Gasteiger partial charge is 0.380 e. The number of imidazole rings is 1. The van der Waals surface area contributed by atoms with Gasteiger partial charge in [0.2, 0.25) is 0 Å². The van der Waals surface area contributed by atoms with Gasteiger partial charge in [-0.15, -0.1) is 11.3 Å².